The number of carbonyl (C=O) groups excluding carboxylic acids is 2. The Morgan fingerprint density at radius 2 is 1.73 bits per heavy atom. The van der Waals surface area contributed by atoms with E-state index in [4.69, 9.17) is 10.8 Å². The number of nitrogens with zero attached hydrogens (tertiary/aromatic N) is 1. The number of carbonyl (C=O) groups is 3. The molecule has 30 heavy (non-hydrogen) atoms. The van der Waals surface area contributed by atoms with Crippen LogP contribution in [0.5, 0.6) is 0 Å². The SMILES string of the molecule is CN(C(=O)[C@@H](N)C1CCC(C(=O)NCc2ccccc2CC(=O)O)CC1)C1CCC1. The second-order valence-electron chi connectivity index (χ2n) is 8.73. The number of hydrogen-bond donors (Lipinski definition) is 3. The van der Waals surface area contributed by atoms with Crippen molar-refractivity contribution in [2.24, 2.45) is 17.6 Å². The van der Waals surface area contributed by atoms with Crippen molar-refractivity contribution >= 4 is 17.8 Å². The number of amides is 2. The van der Waals surface area contributed by atoms with E-state index in [0.29, 0.717) is 18.2 Å². The van der Waals surface area contributed by atoms with Crippen LogP contribution in [0.1, 0.15) is 56.1 Å². The minimum atomic E-state index is -0.888. The molecule has 0 spiro atoms. The molecule has 0 radical (unpaired) electrons. The zero-order valence-corrected chi connectivity index (χ0v) is 17.7. The van der Waals surface area contributed by atoms with Crippen molar-refractivity contribution in [3.8, 4) is 0 Å². The third kappa shape index (κ3) is 5.39. The molecule has 1 aromatic carbocycles. The van der Waals surface area contributed by atoms with Crippen LogP contribution in [-0.2, 0) is 27.3 Å². The Morgan fingerprint density at radius 3 is 2.30 bits per heavy atom. The van der Waals surface area contributed by atoms with Gasteiger partial charge in [0.1, 0.15) is 0 Å². The van der Waals surface area contributed by atoms with Gasteiger partial charge in [0.05, 0.1) is 12.5 Å². The summed E-state index contributed by atoms with van der Waals surface area (Å²) >= 11 is 0. The van der Waals surface area contributed by atoms with Crippen LogP contribution in [0.25, 0.3) is 0 Å². The molecule has 1 atom stereocenters. The van der Waals surface area contributed by atoms with Crippen LogP contribution < -0.4 is 11.1 Å². The first kappa shape index (κ1) is 22.3. The van der Waals surface area contributed by atoms with E-state index < -0.39 is 12.0 Å². The summed E-state index contributed by atoms with van der Waals surface area (Å²) in [5, 5.41) is 12.0. The number of rotatable bonds is 8. The van der Waals surface area contributed by atoms with Crippen molar-refractivity contribution < 1.29 is 19.5 Å². The quantitative estimate of drug-likeness (QED) is 0.602. The summed E-state index contributed by atoms with van der Waals surface area (Å²) in [6, 6.07) is 7.13. The molecule has 7 nitrogen and oxygen atoms in total. The highest BCUT2D eigenvalue weighted by atomic mass is 16.4. The van der Waals surface area contributed by atoms with Crippen molar-refractivity contribution in [2.45, 2.75) is 70.0 Å². The van der Waals surface area contributed by atoms with E-state index in [2.05, 4.69) is 5.32 Å². The first-order chi connectivity index (χ1) is 14.4. The first-order valence-corrected chi connectivity index (χ1v) is 11.0. The summed E-state index contributed by atoms with van der Waals surface area (Å²) in [4.78, 5) is 38.1. The van der Waals surface area contributed by atoms with Crippen molar-refractivity contribution in [3.63, 3.8) is 0 Å². The van der Waals surface area contributed by atoms with Gasteiger partial charge in [0.25, 0.3) is 0 Å². The highest BCUT2D eigenvalue weighted by Crippen LogP contribution is 2.32. The number of nitrogens with two attached hydrogens (primary N) is 1. The number of likely N-dealkylation sites (N-methyl/N-ethyl adjacent to an activating group) is 1. The number of carboxylic acid groups (broad SMARTS) is 1. The van der Waals surface area contributed by atoms with E-state index in [1.165, 1.54) is 6.42 Å². The van der Waals surface area contributed by atoms with Gasteiger partial charge in [-0.25, -0.2) is 0 Å². The summed E-state index contributed by atoms with van der Waals surface area (Å²) in [7, 11) is 1.85. The summed E-state index contributed by atoms with van der Waals surface area (Å²) < 4.78 is 0. The average Bonchev–Trinajstić information content (AvgIpc) is 2.70. The van der Waals surface area contributed by atoms with Crippen LogP contribution in [0.4, 0.5) is 0 Å². The van der Waals surface area contributed by atoms with Gasteiger partial charge in [-0.2, -0.15) is 0 Å². The predicted molar refractivity (Wildman–Crippen MR) is 113 cm³/mol. The maximum Gasteiger partial charge on any atom is 0.307 e. The molecule has 0 unspecified atom stereocenters. The van der Waals surface area contributed by atoms with Crippen LogP contribution in [0.15, 0.2) is 24.3 Å². The van der Waals surface area contributed by atoms with E-state index in [0.717, 1.165) is 44.1 Å². The Balaban J connectivity index is 1.46. The molecule has 7 heteroatoms. The Hall–Kier alpha value is -2.41. The molecular formula is C23H33N3O4. The maximum absolute atomic E-state index is 12.6. The third-order valence-corrected chi connectivity index (χ3v) is 6.82. The lowest BCUT2D eigenvalue weighted by Gasteiger charge is -2.38. The van der Waals surface area contributed by atoms with E-state index in [-0.39, 0.29) is 30.1 Å². The Bertz CT molecular complexity index is 769. The van der Waals surface area contributed by atoms with Gasteiger partial charge in [-0.05, 0) is 62.0 Å². The maximum atomic E-state index is 12.6. The standard InChI is InChI=1S/C23H33N3O4/c1-26(19-7-4-8-19)23(30)21(24)15-9-11-16(12-10-15)22(29)25-14-18-6-3-2-5-17(18)13-20(27)28/h2-3,5-6,15-16,19,21H,4,7-14,24H2,1H3,(H,25,29)(H,27,28)/t15?,16?,21-/m0/s1. The molecule has 2 aliphatic rings. The zero-order chi connectivity index (χ0) is 21.7. The third-order valence-electron chi connectivity index (χ3n) is 6.82. The predicted octanol–water partition coefficient (Wildman–Crippen LogP) is 2.07. The van der Waals surface area contributed by atoms with E-state index in [1.54, 1.807) is 12.1 Å². The second-order valence-corrected chi connectivity index (χ2v) is 8.73. The van der Waals surface area contributed by atoms with Crippen LogP contribution in [0, 0.1) is 11.8 Å². The molecule has 1 aromatic rings. The van der Waals surface area contributed by atoms with E-state index >= 15 is 0 Å². The lowest BCUT2D eigenvalue weighted by molar-refractivity contribution is -0.137. The summed E-state index contributed by atoms with van der Waals surface area (Å²) in [5.41, 5.74) is 7.83. The van der Waals surface area contributed by atoms with Gasteiger partial charge in [-0.15, -0.1) is 0 Å². The Kier molecular flexibility index (Phi) is 7.48. The molecule has 0 bridgehead atoms. The van der Waals surface area contributed by atoms with Crippen molar-refractivity contribution in [1.82, 2.24) is 10.2 Å². The molecular weight excluding hydrogens is 382 g/mol. The topological polar surface area (TPSA) is 113 Å². The normalized spacial score (nSPS) is 22.6. The summed E-state index contributed by atoms with van der Waals surface area (Å²) in [6.45, 7) is 0.326. The molecule has 164 valence electrons. The molecule has 2 aliphatic carbocycles. The highest BCUT2D eigenvalue weighted by Gasteiger charge is 2.35. The molecule has 4 N–H and O–H groups in total. The molecule has 2 saturated carbocycles. The number of aliphatic carboxylic acids is 1. The Labute approximate surface area is 178 Å². The van der Waals surface area contributed by atoms with Crippen LogP contribution in [0.2, 0.25) is 0 Å². The largest absolute Gasteiger partial charge is 0.481 e. The molecule has 0 saturated heterocycles. The van der Waals surface area contributed by atoms with E-state index in [1.807, 2.05) is 24.1 Å². The van der Waals surface area contributed by atoms with Gasteiger partial charge in [0.2, 0.25) is 11.8 Å². The van der Waals surface area contributed by atoms with Gasteiger partial charge < -0.3 is 21.1 Å². The lowest BCUT2D eigenvalue weighted by atomic mass is 9.77. The van der Waals surface area contributed by atoms with Gasteiger partial charge in [0.15, 0.2) is 0 Å². The van der Waals surface area contributed by atoms with Crippen LogP contribution in [-0.4, -0.2) is 46.9 Å². The molecule has 3 rings (SSSR count). The average molecular weight is 416 g/mol. The van der Waals surface area contributed by atoms with E-state index in [9.17, 15) is 14.4 Å². The minimum Gasteiger partial charge on any atom is -0.481 e. The molecule has 2 fully saturated rings. The van der Waals surface area contributed by atoms with Crippen molar-refractivity contribution in [2.75, 3.05) is 7.05 Å². The smallest absolute Gasteiger partial charge is 0.307 e. The lowest BCUT2D eigenvalue weighted by Crippen LogP contribution is -2.52. The fourth-order valence-corrected chi connectivity index (χ4v) is 4.52. The fourth-order valence-electron chi connectivity index (χ4n) is 4.52. The monoisotopic (exact) mass is 415 g/mol. The highest BCUT2D eigenvalue weighted by molar-refractivity contribution is 5.82. The number of carboxylic acids is 1. The number of nitrogens with one attached hydrogen (secondary N) is 1. The first-order valence-electron chi connectivity index (χ1n) is 11.0. The molecule has 0 aromatic heterocycles. The van der Waals surface area contributed by atoms with Crippen LogP contribution >= 0.6 is 0 Å². The van der Waals surface area contributed by atoms with Gasteiger partial charge >= 0.3 is 5.97 Å². The van der Waals surface area contributed by atoms with Gasteiger partial charge in [0, 0.05) is 25.6 Å². The summed E-state index contributed by atoms with van der Waals surface area (Å²) in [5.74, 6) is -0.825. The molecule has 0 heterocycles. The number of hydrogen-bond acceptors (Lipinski definition) is 4. The second kappa shape index (κ2) is 10.1. The fraction of sp³-hybridized carbons (Fsp3) is 0.609. The van der Waals surface area contributed by atoms with Crippen molar-refractivity contribution in [3.05, 3.63) is 35.4 Å². The van der Waals surface area contributed by atoms with Gasteiger partial charge in [-0.3, -0.25) is 14.4 Å². The van der Waals surface area contributed by atoms with Crippen molar-refractivity contribution in [1.29, 1.82) is 0 Å². The zero-order valence-electron chi connectivity index (χ0n) is 17.7. The molecule has 2 amide bonds. The molecule has 0 aliphatic heterocycles. The minimum absolute atomic E-state index is 0.00920. The Morgan fingerprint density at radius 1 is 1.10 bits per heavy atom. The summed E-state index contributed by atoms with van der Waals surface area (Å²) in [6.07, 6.45) is 6.26. The van der Waals surface area contributed by atoms with Gasteiger partial charge in [-0.1, -0.05) is 24.3 Å². The number of benzene rings is 1. The van der Waals surface area contributed by atoms with Crippen LogP contribution in [0.3, 0.4) is 0 Å².